The van der Waals surface area contributed by atoms with Gasteiger partial charge in [-0.3, -0.25) is 9.59 Å². The van der Waals surface area contributed by atoms with Crippen LogP contribution in [0.3, 0.4) is 0 Å². The van der Waals surface area contributed by atoms with E-state index >= 15 is 0 Å². The Morgan fingerprint density at radius 3 is 2.67 bits per heavy atom. The number of carbonyl (C=O) groups is 2. The summed E-state index contributed by atoms with van der Waals surface area (Å²) >= 11 is 11.9. The molecule has 24 heavy (non-hydrogen) atoms. The van der Waals surface area contributed by atoms with Crippen molar-refractivity contribution >= 4 is 46.4 Å². The second-order valence-electron chi connectivity index (χ2n) is 5.50. The van der Waals surface area contributed by atoms with Gasteiger partial charge < -0.3 is 10.2 Å². The van der Waals surface area contributed by atoms with Gasteiger partial charge in [0.05, 0.1) is 16.0 Å². The van der Waals surface area contributed by atoms with Crippen LogP contribution >= 0.6 is 23.2 Å². The minimum atomic E-state index is -0.518. The maximum atomic E-state index is 13.2. The standard InChI is InChI=1S/C17H13Cl2FN2O2/c18-14-5-4-13(8-15(14)19)22-9-10(6-16(22)23)17(24)21-12-3-1-2-11(20)7-12/h1-5,7-8,10H,6,9H2,(H,21,24). The zero-order valence-corrected chi connectivity index (χ0v) is 13.9. The van der Waals surface area contributed by atoms with Gasteiger partial charge in [-0.15, -0.1) is 0 Å². The second kappa shape index (κ2) is 6.79. The van der Waals surface area contributed by atoms with E-state index in [1.54, 1.807) is 24.3 Å². The molecule has 0 radical (unpaired) electrons. The fraction of sp³-hybridized carbons (Fsp3) is 0.176. The molecular formula is C17H13Cl2FN2O2. The first-order chi connectivity index (χ1) is 11.4. The van der Waals surface area contributed by atoms with Crippen LogP contribution in [-0.2, 0) is 9.59 Å². The van der Waals surface area contributed by atoms with E-state index in [9.17, 15) is 14.0 Å². The fourth-order valence-electron chi connectivity index (χ4n) is 2.60. The zero-order chi connectivity index (χ0) is 17.3. The van der Waals surface area contributed by atoms with Crippen LogP contribution in [0.4, 0.5) is 15.8 Å². The van der Waals surface area contributed by atoms with Gasteiger partial charge in [-0.25, -0.2) is 4.39 Å². The van der Waals surface area contributed by atoms with E-state index in [0.29, 0.717) is 21.4 Å². The number of halogens is 3. The molecule has 1 saturated heterocycles. The molecule has 0 aliphatic carbocycles. The van der Waals surface area contributed by atoms with Gasteiger partial charge in [-0.05, 0) is 36.4 Å². The lowest BCUT2D eigenvalue weighted by atomic mass is 10.1. The number of hydrogen-bond donors (Lipinski definition) is 1. The Morgan fingerprint density at radius 1 is 1.17 bits per heavy atom. The van der Waals surface area contributed by atoms with Gasteiger partial charge in [-0.2, -0.15) is 0 Å². The van der Waals surface area contributed by atoms with Crippen LogP contribution in [0.1, 0.15) is 6.42 Å². The van der Waals surface area contributed by atoms with Crippen molar-refractivity contribution in [1.82, 2.24) is 0 Å². The lowest BCUT2D eigenvalue weighted by Gasteiger charge is -2.17. The predicted molar refractivity (Wildman–Crippen MR) is 92.0 cm³/mol. The van der Waals surface area contributed by atoms with Crippen LogP contribution < -0.4 is 10.2 Å². The maximum absolute atomic E-state index is 13.2. The molecule has 1 aliphatic heterocycles. The third-order valence-electron chi connectivity index (χ3n) is 3.80. The van der Waals surface area contributed by atoms with E-state index in [0.717, 1.165) is 0 Å². The fourth-order valence-corrected chi connectivity index (χ4v) is 2.89. The van der Waals surface area contributed by atoms with Crippen LogP contribution in [-0.4, -0.2) is 18.4 Å². The van der Waals surface area contributed by atoms with E-state index in [1.165, 1.54) is 23.1 Å². The summed E-state index contributed by atoms with van der Waals surface area (Å²) in [6.45, 7) is 0.234. The molecule has 0 saturated carbocycles. The average Bonchev–Trinajstić information content (AvgIpc) is 2.92. The van der Waals surface area contributed by atoms with Crippen molar-refractivity contribution in [2.24, 2.45) is 5.92 Å². The average molecular weight is 367 g/mol. The number of carbonyl (C=O) groups excluding carboxylic acids is 2. The van der Waals surface area contributed by atoms with Gasteiger partial charge in [0.1, 0.15) is 5.82 Å². The highest BCUT2D eigenvalue weighted by atomic mass is 35.5. The lowest BCUT2D eigenvalue weighted by Crippen LogP contribution is -2.28. The van der Waals surface area contributed by atoms with Crippen molar-refractivity contribution in [1.29, 1.82) is 0 Å². The summed E-state index contributed by atoms with van der Waals surface area (Å²) in [4.78, 5) is 26.0. The van der Waals surface area contributed by atoms with Crippen LogP contribution in [0.2, 0.25) is 10.0 Å². The van der Waals surface area contributed by atoms with Crippen LogP contribution in [0.15, 0.2) is 42.5 Å². The first kappa shape index (κ1) is 16.7. The summed E-state index contributed by atoms with van der Waals surface area (Å²) in [7, 11) is 0. The van der Waals surface area contributed by atoms with Gasteiger partial charge >= 0.3 is 0 Å². The molecule has 4 nitrogen and oxygen atoms in total. The third-order valence-corrected chi connectivity index (χ3v) is 4.54. The molecule has 2 aromatic carbocycles. The van der Waals surface area contributed by atoms with E-state index < -0.39 is 11.7 Å². The number of amides is 2. The smallest absolute Gasteiger partial charge is 0.229 e. The normalized spacial score (nSPS) is 17.2. The zero-order valence-electron chi connectivity index (χ0n) is 12.4. The summed E-state index contributed by atoms with van der Waals surface area (Å²) < 4.78 is 13.2. The Labute approximate surface area is 148 Å². The lowest BCUT2D eigenvalue weighted by molar-refractivity contribution is -0.122. The molecule has 3 rings (SSSR count). The molecular weight excluding hydrogens is 354 g/mol. The topological polar surface area (TPSA) is 49.4 Å². The SMILES string of the molecule is O=C(Nc1cccc(F)c1)C1CC(=O)N(c2ccc(Cl)c(Cl)c2)C1. The molecule has 2 amide bonds. The van der Waals surface area contributed by atoms with Gasteiger partial charge in [0.25, 0.3) is 0 Å². The Hall–Kier alpha value is -2.11. The monoisotopic (exact) mass is 366 g/mol. The second-order valence-corrected chi connectivity index (χ2v) is 6.32. The molecule has 1 N–H and O–H groups in total. The van der Waals surface area contributed by atoms with Crippen molar-refractivity contribution < 1.29 is 14.0 Å². The maximum Gasteiger partial charge on any atom is 0.229 e. The minimum absolute atomic E-state index is 0.0847. The highest BCUT2D eigenvalue weighted by molar-refractivity contribution is 6.42. The number of hydrogen-bond acceptors (Lipinski definition) is 2. The number of nitrogens with one attached hydrogen (secondary N) is 1. The predicted octanol–water partition coefficient (Wildman–Crippen LogP) is 4.12. The van der Waals surface area contributed by atoms with Crippen molar-refractivity contribution in [2.75, 3.05) is 16.8 Å². The van der Waals surface area contributed by atoms with E-state index in [2.05, 4.69) is 5.32 Å². The number of anilines is 2. The third kappa shape index (κ3) is 3.52. The van der Waals surface area contributed by atoms with E-state index in [1.807, 2.05) is 0 Å². The Balaban J connectivity index is 1.72. The van der Waals surface area contributed by atoms with Gasteiger partial charge in [0.2, 0.25) is 11.8 Å². The van der Waals surface area contributed by atoms with Crippen molar-refractivity contribution in [3.05, 3.63) is 58.3 Å². The summed E-state index contributed by atoms with van der Waals surface area (Å²) in [5.41, 5.74) is 0.955. The van der Waals surface area contributed by atoms with E-state index in [-0.39, 0.29) is 24.8 Å². The minimum Gasteiger partial charge on any atom is -0.326 e. The van der Waals surface area contributed by atoms with Gasteiger partial charge in [0.15, 0.2) is 0 Å². The van der Waals surface area contributed by atoms with Crippen LogP contribution in [0.25, 0.3) is 0 Å². The molecule has 1 fully saturated rings. The van der Waals surface area contributed by atoms with Crippen molar-refractivity contribution in [2.45, 2.75) is 6.42 Å². The first-order valence-corrected chi connectivity index (χ1v) is 8.01. The summed E-state index contributed by atoms with van der Waals surface area (Å²) in [5, 5.41) is 3.37. The highest BCUT2D eigenvalue weighted by Gasteiger charge is 2.35. The number of rotatable bonds is 3. The first-order valence-electron chi connectivity index (χ1n) is 7.26. The van der Waals surface area contributed by atoms with Gasteiger partial charge in [-0.1, -0.05) is 29.3 Å². The molecule has 0 aromatic heterocycles. The Bertz CT molecular complexity index is 813. The molecule has 1 heterocycles. The van der Waals surface area contributed by atoms with Crippen LogP contribution in [0, 0.1) is 11.7 Å². The number of benzene rings is 2. The molecule has 1 aliphatic rings. The Kier molecular flexibility index (Phi) is 4.73. The van der Waals surface area contributed by atoms with Crippen LogP contribution in [0.5, 0.6) is 0 Å². The van der Waals surface area contributed by atoms with Gasteiger partial charge in [0, 0.05) is 24.3 Å². The molecule has 0 bridgehead atoms. The molecule has 2 aromatic rings. The quantitative estimate of drug-likeness (QED) is 0.887. The van der Waals surface area contributed by atoms with Crippen molar-refractivity contribution in [3.8, 4) is 0 Å². The summed E-state index contributed by atoms with van der Waals surface area (Å²) in [5.74, 6) is -1.45. The summed E-state index contributed by atoms with van der Waals surface area (Å²) in [6.07, 6.45) is 0.0847. The van der Waals surface area contributed by atoms with Crippen molar-refractivity contribution in [3.63, 3.8) is 0 Å². The molecule has 1 unspecified atom stereocenters. The number of nitrogens with zero attached hydrogens (tertiary/aromatic N) is 1. The molecule has 0 spiro atoms. The molecule has 1 atom stereocenters. The summed E-state index contributed by atoms with van der Waals surface area (Å²) in [6, 6.07) is 10.5. The Morgan fingerprint density at radius 2 is 1.96 bits per heavy atom. The highest BCUT2D eigenvalue weighted by Crippen LogP contribution is 2.31. The largest absolute Gasteiger partial charge is 0.326 e. The molecule has 7 heteroatoms. The molecule has 124 valence electrons. The van der Waals surface area contributed by atoms with E-state index in [4.69, 9.17) is 23.2 Å².